The molecule has 0 aromatic heterocycles. The molecule has 1 N–H and O–H groups in total. The molecule has 2 heteroatoms. The molecule has 0 bridgehead atoms. The van der Waals surface area contributed by atoms with Crippen LogP contribution in [-0.2, 0) is 12.8 Å². The van der Waals surface area contributed by atoms with E-state index in [-0.39, 0.29) is 5.54 Å². The first kappa shape index (κ1) is 13.4. The van der Waals surface area contributed by atoms with Gasteiger partial charge in [0.2, 0.25) is 0 Å². The zero-order valence-corrected chi connectivity index (χ0v) is 12.0. The second-order valence-electron chi connectivity index (χ2n) is 6.37. The van der Waals surface area contributed by atoms with Gasteiger partial charge in [0.25, 0.3) is 0 Å². The lowest BCUT2D eigenvalue weighted by atomic mass is 9.83. The highest BCUT2D eigenvalue weighted by molar-refractivity contribution is 5.37. The number of benzene rings is 1. The van der Waals surface area contributed by atoms with E-state index >= 15 is 0 Å². The summed E-state index contributed by atoms with van der Waals surface area (Å²) in [4.78, 5) is 0. The van der Waals surface area contributed by atoms with Crippen LogP contribution in [0.1, 0.15) is 38.3 Å². The third-order valence-corrected chi connectivity index (χ3v) is 3.67. The number of hydrogen-bond acceptors (Lipinski definition) is 2. The van der Waals surface area contributed by atoms with Gasteiger partial charge in [0.1, 0.15) is 5.75 Å². The molecule has 0 saturated carbocycles. The fourth-order valence-electron chi connectivity index (χ4n) is 2.56. The minimum absolute atomic E-state index is 0.217. The molecule has 100 valence electrons. The summed E-state index contributed by atoms with van der Waals surface area (Å²) in [5, 5.41) is 3.62. The predicted molar refractivity (Wildman–Crippen MR) is 76.3 cm³/mol. The minimum atomic E-state index is 0.217. The summed E-state index contributed by atoms with van der Waals surface area (Å²) in [6.07, 6.45) is 3.67. The highest BCUT2D eigenvalue weighted by Crippen LogP contribution is 2.28. The van der Waals surface area contributed by atoms with Gasteiger partial charge in [-0.1, -0.05) is 6.07 Å². The molecule has 0 fully saturated rings. The summed E-state index contributed by atoms with van der Waals surface area (Å²) >= 11 is 0. The van der Waals surface area contributed by atoms with Crippen LogP contribution in [-0.4, -0.2) is 19.2 Å². The average molecular weight is 247 g/mol. The van der Waals surface area contributed by atoms with Gasteiger partial charge in [-0.25, -0.2) is 0 Å². The smallest absolute Gasteiger partial charge is 0.119 e. The number of nitrogens with one attached hydrogen (secondary N) is 1. The molecule has 1 unspecified atom stereocenters. The molecule has 0 saturated heterocycles. The zero-order valence-electron chi connectivity index (χ0n) is 12.0. The second-order valence-corrected chi connectivity index (χ2v) is 6.37. The SMILES string of the molecule is COc1ccc2c(c1)CC(CNC(C)(C)C)CC2. The molecule has 18 heavy (non-hydrogen) atoms. The Kier molecular flexibility index (Phi) is 3.96. The highest BCUT2D eigenvalue weighted by Gasteiger charge is 2.20. The van der Waals surface area contributed by atoms with Gasteiger partial charge in [0, 0.05) is 5.54 Å². The molecule has 0 radical (unpaired) electrons. The van der Waals surface area contributed by atoms with E-state index in [0.29, 0.717) is 0 Å². The maximum Gasteiger partial charge on any atom is 0.119 e. The van der Waals surface area contributed by atoms with Gasteiger partial charge in [0.15, 0.2) is 0 Å². The van der Waals surface area contributed by atoms with Crippen molar-refractivity contribution >= 4 is 0 Å². The predicted octanol–water partition coefficient (Wildman–Crippen LogP) is 3.19. The summed E-state index contributed by atoms with van der Waals surface area (Å²) < 4.78 is 5.31. The van der Waals surface area contributed by atoms with E-state index in [2.05, 4.69) is 44.3 Å². The van der Waals surface area contributed by atoms with Crippen molar-refractivity contribution in [3.05, 3.63) is 29.3 Å². The van der Waals surface area contributed by atoms with Gasteiger partial charge in [-0.3, -0.25) is 0 Å². The molecular weight excluding hydrogens is 222 g/mol. The monoisotopic (exact) mass is 247 g/mol. The molecule has 1 aliphatic carbocycles. The Morgan fingerprint density at radius 3 is 2.72 bits per heavy atom. The molecule has 0 amide bonds. The molecule has 1 aromatic rings. The summed E-state index contributed by atoms with van der Waals surface area (Å²) in [5.41, 5.74) is 3.19. The Bertz CT molecular complexity index is 406. The molecule has 0 spiro atoms. The minimum Gasteiger partial charge on any atom is -0.497 e. The summed E-state index contributed by atoms with van der Waals surface area (Å²) in [6, 6.07) is 6.51. The molecular formula is C16H25NO. The first-order valence-electron chi connectivity index (χ1n) is 6.89. The molecule has 0 aliphatic heterocycles. The first-order chi connectivity index (χ1) is 8.48. The molecule has 1 aliphatic rings. The molecule has 1 aromatic carbocycles. The number of hydrogen-bond donors (Lipinski definition) is 1. The Labute approximate surface area is 111 Å². The first-order valence-corrected chi connectivity index (χ1v) is 6.89. The van der Waals surface area contributed by atoms with Crippen LogP contribution in [0, 0.1) is 5.92 Å². The maximum atomic E-state index is 5.31. The van der Waals surface area contributed by atoms with Crippen molar-refractivity contribution in [1.29, 1.82) is 0 Å². The summed E-state index contributed by atoms with van der Waals surface area (Å²) in [6.45, 7) is 7.80. The van der Waals surface area contributed by atoms with Crippen molar-refractivity contribution < 1.29 is 4.74 Å². The van der Waals surface area contributed by atoms with Crippen LogP contribution in [0.15, 0.2) is 18.2 Å². The Morgan fingerprint density at radius 2 is 2.06 bits per heavy atom. The van der Waals surface area contributed by atoms with Crippen LogP contribution in [0.3, 0.4) is 0 Å². The van der Waals surface area contributed by atoms with Crippen LogP contribution in [0.4, 0.5) is 0 Å². The third kappa shape index (κ3) is 3.49. The fraction of sp³-hybridized carbons (Fsp3) is 0.625. The average Bonchev–Trinajstić information content (AvgIpc) is 2.34. The lowest BCUT2D eigenvalue weighted by Crippen LogP contribution is -2.40. The molecule has 2 rings (SSSR count). The van der Waals surface area contributed by atoms with Crippen molar-refractivity contribution in [2.24, 2.45) is 5.92 Å². The van der Waals surface area contributed by atoms with Gasteiger partial charge in [-0.2, -0.15) is 0 Å². The van der Waals surface area contributed by atoms with E-state index < -0.39 is 0 Å². The van der Waals surface area contributed by atoms with Crippen molar-refractivity contribution in [3.8, 4) is 5.75 Å². The van der Waals surface area contributed by atoms with E-state index in [1.54, 1.807) is 7.11 Å². The number of methoxy groups -OCH3 is 1. The van der Waals surface area contributed by atoms with Crippen molar-refractivity contribution in [1.82, 2.24) is 5.32 Å². The topological polar surface area (TPSA) is 21.3 Å². The summed E-state index contributed by atoms with van der Waals surface area (Å²) in [7, 11) is 1.74. The molecule has 2 nitrogen and oxygen atoms in total. The number of fused-ring (bicyclic) bond motifs is 1. The van der Waals surface area contributed by atoms with Crippen LogP contribution < -0.4 is 10.1 Å². The highest BCUT2D eigenvalue weighted by atomic mass is 16.5. The second kappa shape index (κ2) is 5.31. The molecule has 0 heterocycles. The van der Waals surface area contributed by atoms with Crippen molar-refractivity contribution in [2.45, 2.75) is 45.6 Å². The number of rotatable bonds is 3. The lowest BCUT2D eigenvalue weighted by molar-refractivity contribution is 0.348. The molecule has 1 atom stereocenters. The standard InChI is InChI=1S/C16H25NO/c1-16(2,3)17-11-12-5-6-13-7-8-15(18-4)10-14(13)9-12/h7-8,10,12,17H,5-6,9,11H2,1-4H3. The van der Waals surface area contributed by atoms with Gasteiger partial charge >= 0.3 is 0 Å². The van der Waals surface area contributed by atoms with E-state index in [1.165, 1.54) is 30.4 Å². The van der Waals surface area contributed by atoms with Gasteiger partial charge in [-0.05, 0) is 75.8 Å². The lowest BCUT2D eigenvalue weighted by Gasteiger charge is -2.29. The number of ether oxygens (including phenoxy) is 1. The van der Waals surface area contributed by atoms with Crippen LogP contribution in [0.5, 0.6) is 5.75 Å². The summed E-state index contributed by atoms with van der Waals surface area (Å²) in [5.74, 6) is 1.74. The van der Waals surface area contributed by atoms with Crippen LogP contribution >= 0.6 is 0 Å². The normalized spacial score (nSPS) is 19.4. The van der Waals surface area contributed by atoms with Crippen LogP contribution in [0.2, 0.25) is 0 Å². The quantitative estimate of drug-likeness (QED) is 0.885. The zero-order chi connectivity index (χ0) is 13.2. The largest absolute Gasteiger partial charge is 0.497 e. The fourth-order valence-corrected chi connectivity index (χ4v) is 2.56. The maximum absolute atomic E-state index is 5.31. The van der Waals surface area contributed by atoms with E-state index in [1.807, 2.05) is 0 Å². The van der Waals surface area contributed by atoms with E-state index in [0.717, 1.165) is 18.2 Å². The van der Waals surface area contributed by atoms with E-state index in [4.69, 9.17) is 4.74 Å². The number of aryl methyl sites for hydroxylation is 1. The van der Waals surface area contributed by atoms with E-state index in [9.17, 15) is 0 Å². The Hall–Kier alpha value is -1.02. The van der Waals surface area contributed by atoms with Crippen LogP contribution in [0.25, 0.3) is 0 Å². The van der Waals surface area contributed by atoms with Crippen molar-refractivity contribution in [2.75, 3.05) is 13.7 Å². The van der Waals surface area contributed by atoms with Gasteiger partial charge < -0.3 is 10.1 Å². The Morgan fingerprint density at radius 1 is 1.28 bits per heavy atom. The van der Waals surface area contributed by atoms with Crippen molar-refractivity contribution in [3.63, 3.8) is 0 Å². The Balaban J connectivity index is 2.00. The van der Waals surface area contributed by atoms with Gasteiger partial charge in [0.05, 0.1) is 7.11 Å². The third-order valence-electron chi connectivity index (χ3n) is 3.67. The van der Waals surface area contributed by atoms with Gasteiger partial charge in [-0.15, -0.1) is 0 Å².